The molecule has 0 saturated carbocycles. The molecule has 2 aliphatic rings. The van der Waals surface area contributed by atoms with Crippen molar-refractivity contribution in [1.29, 1.82) is 0 Å². The van der Waals surface area contributed by atoms with Gasteiger partial charge in [0, 0.05) is 68.0 Å². The Bertz CT molecular complexity index is 1170. The minimum absolute atomic E-state index is 0.0612. The van der Waals surface area contributed by atoms with Crippen molar-refractivity contribution in [2.45, 2.75) is 31.7 Å². The van der Waals surface area contributed by atoms with E-state index in [4.69, 9.17) is 0 Å². The zero-order valence-corrected chi connectivity index (χ0v) is 19.3. The Kier molecular flexibility index (Phi) is 5.92. The average Bonchev–Trinajstić information content (AvgIpc) is 3.18. The molecule has 5 rings (SSSR count). The lowest BCUT2D eigenvalue weighted by Gasteiger charge is -2.39. The number of aromatic nitrogens is 1. The Morgan fingerprint density at radius 2 is 1.76 bits per heavy atom. The Hall–Kier alpha value is -3.87. The van der Waals surface area contributed by atoms with Gasteiger partial charge in [0.05, 0.1) is 0 Å². The topological polar surface area (TPSA) is 77.6 Å². The zero-order chi connectivity index (χ0) is 23.5. The van der Waals surface area contributed by atoms with Gasteiger partial charge in [0.2, 0.25) is 5.91 Å². The van der Waals surface area contributed by atoms with Crippen LogP contribution in [0.25, 0.3) is 0 Å². The van der Waals surface area contributed by atoms with E-state index >= 15 is 0 Å². The number of fused-ring (bicyclic) bond motifs is 2. The molecule has 1 fully saturated rings. The first-order valence-corrected chi connectivity index (χ1v) is 11.7. The number of hydrogen-bond acceptors (Lipinski definition) is 4. The highest BCUT2D eigenvalue weighted by atomic mass is 16.2. The third-order valence-electron chi connectivity index (χ3n) is 7.01. The maximum atomic E-state index is 12.3. The first-order chi connectivity index (χ1) is 16.5. The summed E-state index contributed by atoms with van der Waals surface area (Å²) in [6.07, 6.45) is 5.38. The quantitative estimate of drug-likeness (QED) is 0.610. The summed E-state index contributed by atoms with van der Waals surface area (Å²) in [5.41, 5.74) is 5.45. The lowest BCUT2D eigenvalue weighted by molar-refractivity contribution is -0.130. The Labute approximate surface area is 199 Å². The number of rotatable bonds is 4. The highest BCUT2D eigenvalue weighted by molar-refractivity contribution is 5.89. The van der Waals surface area contributed by atoms with Gasteiger partial charge in [-0.2, -0.15) is 0 Å². The van der Waals surface area contributed by atoms with Crippen LogP contribution in [0.4, 0.5) is 21.9 Å². The molecule has 0 unspecified atom stereocenters. The van der Waals surface area contributed by atoms with E-state index in [0.717, 1.165) is 49.4 Å². The van der Waals surface area contributed by atoms with E-state index in [1.807, 2.05) is 29.2 Å². The third kappa shape index (κ3) is 4.33. The van der Waals surface area contributed by atoms with E-state index in [9.17, 15) is 9.59 Å². The van der Waals surface area contributed by atoms with Gasteiger partial charge in [0.25, 0.3) is 0 Å². The second-order valence-corrected chi connectivity index (χ2v) is 9.11. The summed E-state index contributed by atoms with van der Waals surface area (Å²) in [4.78, 5) is 32.5. The number of para-hydroxylation sites is 1. The number of carbonyl (C=O) groups excluding carboxylic acids is 2. The summed E-state index contributed by atoms with van der Waals surface area (Å²) in [5, 5.41) is 5.75. The SMILES string of the molecule is CC(=O)N1CCC2(CC1)CN(c1ccc(NC(=O)NCc3cccnc3)cc1)c1ccccc12. The van der Waals surface area contributed by atoms with Crippen molar-refractivity contribution in [2.24, 2.45) is 0 Å². The van der Waals surface area contributed by atoms with Crippen molar-refractivity contribution >= 4 is 29.0 Å². The van der Waals surface area contributed by atoms with Crippen molar-refractivity contribution in [3.63, 3.8) is 0 Å². The first-order valence-electron chi connectivity index (χ1n) is 11.7. The number of carbonyl (C=O) groups is 2. The second kappa shape index (κ2) is 9.17. The van der Waals surface area contributed by atoms with Crippen LogP contribution in [0, 0.1) is 0 Å². The molecule has 1 spiro atoms. The lowest BCUT2D eigenvalue weighted by atomic mass is 9.74. The largest absolute Gasteiger partial charge is 0.343 e. The highest BCUT2D eigenvalue weighted by Crippen LogP contribution is 2.49. The molecular formula is C27H29N5O2. The number of nitrogens with zero attached hydrogens (tertiary/aromatic N) is 3. The van der Waals surface area contributed by atoms with Crippen LogP contribution in [-0.4, -0.2) is 41.5 Å². The summed E-state index contributed by atoms with van der Waals surface area (Å²) in [6.45, 7) is 4.58. The number of piperidine rings is 1. The highest BCUT2D eigenvalue weighted by Gasteiger charge is 2.45. The molecule has 2 N–H and O–H groups in total. The third-order valence-corrected chi connectivity index (χ3v) is 7.01. The number of benzene rings is 2. The van der Waals surface area contributed by atoms with Crippen molar-refractivity contribution in [1.82, 2.24) is 15.2 Å². The van der Waals surface area contributed by atoms with Crippen molar-refractivity contribution in [3.05, 3.63) is 84.2 Å². The van der Waals surface area contributed by atoms with Gasteiger partial charge in [-0.05, 0) is 60.4 Å². The number of urea groups is 1. The molecule has 1 aromatic heterocycles. The van der Waals surface area contributed by atoms with Crippen LogP contribution < -0.4 is 15.5 Å². The second-order valence-electron chi connectivity index (χ2n) is 9.11. The number of hydrogen-bond donors (Lipinski definition) is 2. The van der Waals surface area contributed by atoms with Gasteiger partial charge in [-0.15, -0.1) is 0 Å². The van der Waals surface area contributed by atoms with Crippen LogP contribution >= 0.6 is 0 Å². The summed E-state index contributed by atoms with van der Waals surface area (Å²) >= 11 is 0. The van der Waals surface area contributed by atoms with Crippen LogP contribution in [0.15, 0.2) is 73.1 Å². The first kappa shape index (κ1) is 21.9. The molecule has 0 atom stereocenters. The van der Waals surface area contributed by atoms with Gasteiger partial charge >= 0.3 is 6.03 Å². The number of likely N-dealkylation sites (tertiary alicyclic amines) is 1. The molecule has 3 aromatic rings. The van der Waals surface area contributed by atoms with E-state index in [1.165, 1.54) is 11.3 Å². The maximum absolute atomic E-state index is 12.3. The molecule has 2 aliphatic heterocycles. The zero-order valence-electron chi connectivity index (χ0n) is 19.3. The van der Waals surface area contributed by atoms with Gasteiger partial charge in [0.15, 0.2) is 0 Å². The normalized spacial score (nSPS) is 16.3. The van der Waals surface area contributed by atoms with E-state index in [-0.39, 0.29) is 17.4 Å². The van der Waals surface area contributed by atoms with Gasteiger partial charge in [-0.25, -0.2) is 4.79 Å². The number of pyridine rings is 1. The number of nitrogens with one attached hydrogen (secondary N) is 2. The average molecular weight is 456 g/mol. The number of amides is 3. The van der Waals surface area contributed by atoms with Crippen LogP contribution in [0.2, 0.25) is 0 Å². The fourth-order valence-corrected chi connectivity index (χ4v) is 5.12. The van der Waals surface area contributed by atoms with Crippen molar-refractivity contribution in [2.75, 3.05) is 29.9 Å². The van der Waals surface area contributed by atoms with E-state index in [2.05, 4.69) is 56.9 Å². The molecule has 0 radical (unpaired) electrons. The molecule has 7 heteroatoms. The number of anilines is 3. The monoisotopic (exact) mass is 455 g/mol. The minimum atomic E-state index is -0.251. The fourth-order valence-electron chi connectivity index (χ4n) is 5.12. The fraction of sp³-hybridized carbons (Fsp3) is 0.296. The minimum Gasteiger partial charge on any atom is -0.343 e. The predicted molar refractivity (Wildman–Crippen MR) is 133 cm³/mol. The van der Waals surface area contributed by atoms with Gasteiger partial charge in [-0.3, -0.25) is 9.78 Å². The summed E-state index contributed by atoms with van der Waals surface area (Å²) in [5.74, 6) is 0.158. The van der Waals surface area contributed by atoms with Crippen molar-refractivity contribution in [3.8, 4) is 0 Å². The van der Waals surface area contributed by atoms with Crippen molar-refractivity contribution < 1.29 is 9.59 Å². The van der Waals surface area contributed by atoms with Crippen LogP contribution in [-0.2, 0) is 16.8 Å². The molecule has 34 heavy (non-hydrogen) atoms. The van der Waals surface area contributed by atoms with Crippen LogP contribution in [0.1, 0.15) is 30.9 Å². The molecule has 0 bridgehead atoms. The van der Waals surface area contributed by atoms with Gasteiger partial charge in [-0.1, -0.05) is 24.3 Å². The van der Waals surface area contributed by atoms with Gasteiger partial charge in [0.1, 0.15) is 0 Å². The molecule has 174 valence electrons. The lowest BCUT2D eigenvalue weighted by Crippen LogP contribution is -2.46. The standard InChI is InChI=1S/C27H29N5O2/c1-20(33)31-15-12-27(13-16-31)19-32(25-7-3-2-6-24(25)27)23-10-8-22(9-11-23)30-26(34)29-18-21-5-4-14-28-17-21/h2-11,14,17H,12-13,15-16,18-19H2,1H3,(H2,29,30,34). The predicted octanol–water partition coefficient (Wildman–Crippen LogP) is 4.44. The van der Waals surface area contributed by atoms with E-state index < -0.39 is 0 Å². The molecule has 3 heterocycles. The summed E-state index contributed by atoms with van der Waals surface area (Å²) < 4.78 is 0. The molecule has 1 saturated heterocycles. The summed E-state index contributed by atoms with van der Waals surface area (Å²) in [6, 6.07) is 20.1. The van der Waals surface area contributed by atoms with E-state index in [0.29, 0.717) is 6.54 Å². The molecule has 2 aromatic carbocycles. The van der Waals surface area contributed by atoms with E-state index in [1.54, 1.807) is 19.3 Å². The molecule has 3 amide bonds. The Morgan fingerprint density at radius 3 is 2.47 bits per heavy atom. The Balaban J connectivity index is 1.27. The molecule has 0 aliphatic carbocycles. The van der Waals surface area contributed by atoms with Crippen LogP contribution in [0.5, 0.6) is 0 Å². The smallest absolute Gasteiger partial charge is 0.319 e. The molecule has 7 nitrogen and oxygen atoms in total. The maximum Gasteiger partial charge on any atom is 0.319 e. The summed E-state index contributed by atoms with van der Waals surface area (Å²) in [7, 11) is 0. The Morgan fingerprint density at radius 1 is 1.00 bits per heavy atom. The van der Waals surface area contributed by atoms with Crippen LogP contribution in [0.3, 0.4) is 0 Å². The van der Waals surface area contributed by atoms with Gasteiger partial charge < -0.3 is 20.4 Å². The molecular weight excluding hydrogens is 426 g/mol.